The Hall–Kier alpha value is -1.02. The molecule has 2 N–H and O–H groups in total. The first-order chi connectivity index (χ1) is 9.15. The van der Waals surface area contributed by atoms with Crippen LogP contribution in [0.5, 0.6) is 0 Å². The van der Waals surface area contributed by atoms with Crippen LogP contribution in [0.4, 0.5) is 0 Å². The van der Waals surface area contributed by atoms with E-state index in [0.717, 1.165) is 4.88 Å². The molecule has 0 aromatic carbocycles. The van der Waals surface area contributed by atoms with Gasteiger partial charge in [-0.2, -0.15) is 5.10 Å². The average Bonchev–Trinajstić information content (AvgIpc) is 3.04. The first-order valence-electron chi connectivity index (χ1n) is 5.68. The third-order valence-corrected chi connectivity index (χ3v) is 4.20. The van der Waals surface area contributed by atoms with E-state index in [2.05, 4.69) is 21.0 Å². The van der Waals surface area contributed by atoms with Crippen LogP contribution < -0.4 is 5.73 Å². The highest BCUT2D eigenvalue weighted by molar-refractivity contribution is 9.10. The predicted octanol–water partition coefficient (Wildman–Crippen LogP) is 2.24. The van der Waals surface area contributed by atoms with Crippen molar-refractivity contribution in [1.82, 2.24) is 9.78 Å². The summed E-state index contributed by atoms with van der Waals surface area (Å²) in [4.78, 5) is 13.3. The van der Waals surface area contributed by atoms with Crippen molar-refractivity contribution in [2.45, 2.75) is 12.6 Å². The van der Waals surface area contributed by atoms with Gasteiger partial charge < -0.3 is 10.5 Å². The summed E-state index contributed by atoms with van der Waals surface area (Å²) in [6.07, 6.45) is 1.60. The predicted molar refractivity (Wildman–Crippen MR) is 77.4 cm³/mol. The molecule has 2 aromatic heterocycles. The summed E-state index contributed by atoms with van der Waals surface area (Å²) in [5.74, 6) is -0.150. The fourth-order valence-electron chi connectivity index (χ4n) is 1.70. The lowest BCUT2D eigenvalue weighted by molar-refractivity contribution is 0.0947. The van der Waals surface area contributed by atoms with Crippen LogP contribution in [0.2, 0.25) is 0 Å². The second-order valence-electron chi connectivity index (χ2n) is 3.91. The summed E-state index contributed by atoms with van der Waals surface area (Å²) >= 11 is 4.81. The highest BCUT2D eigenvalue weighted by Gasteiger charge is 2.24. The van der Waals surface area contributed by atoms with Crippen molar-refractivity contribution < 1.29 is 9.53 Å². The number of methoxy groups -OCH3 is 1. The van der Waals surface area contributed by atoms with E-state index < -0.39 is 6.04 Å². The number of nitrogens with two attached hydrogens (primary N) is 1. The van der Waals surface area contributed by atoms with Gasteiger partial charge in [-0.3, -0.25) is 9.48 Å². The molecule has 1 unspecified atom stereocenters. The molecular formula is C12H14BrN3O2S. The molecule has 0 aliphatic heterocycles. The van der Waals surface area contributed by atoms with Gasteiger partial charge in [-0.25, -0.2) is 0 Å². The molecule has 5 nitrogen and oxygen atoms in total. The Bertz CT molecular complexity index is 553. The molecule has 2 rings (SSSR count). The topological polar surface area (TPSA) is 70.1 Å². The zero-order valence-corrected chi connectivity index (χ0v) is 12.8. The Morgan fingerprint density at radius 3 is 3.11 bits per heavy atom. The van der Waals surface area contributed by atoms with Gasteiger partial charge in [0.2, 0.25) is 5.78 Å². The van der Waals surface area contributed by atoms with Gasteiger partial charge in [0.1, 0.15) is 11.7 Å². The third kappa shape index (κ3) is 3.11. The number of hydrogen-bond acceptors (Lipinski definition) is 5. The van der Waals surface area contributed by atoms with Crippen LogP contribution in [-0.4, -0.2) is 29.3 Å². The van der Waals surface area contributed by atoms with Crippen molar-refractivity contribution >= 4 is 33.0 Å². The number of aromatic nitrogens is 2. The van der Waals surface area contributed by atoms with Crippen LogP contribution in [0.3, 0.4) is 0 Å². The summed E-state index contributed by atoms with van der Waals surface area (Å²) in [5.41, 5.74) is 6.49. The molecule has 0 aliphatic carbocycles. The van der Waals surface area contributed by atoms with E-state index in [-0.39, 0.29) is 5.78 Å². The van der Waals surface area contributed by atoms with Gasteiger partial charge in [0.25, 0.3) is 0 Å². The lowest BCUT2D eigenvalue weighted by Crippen LogP contribution is -2.24. The quantitative estimate of drug-likeness (QED) is 0.816. The summed E-state index contributed by atoms with van der Waals surface area (Å²) in [6, 6.07) is 3.08. The Labute approximate surface area is 123 Å². The molecule has 0 saturated carbocycles. The van der Waals surface area contributed by atoms with Gasteiger partial charge in [-0.05, 0) is 27.4 Å². The highest BCUT2D eigenvalue weighted by atomic mass is 79.9. The van der Waals surface area contributed by atoms with E-state index in [1.807, 2.05) is 17.5 Å². The van der Waals surface area contributed by atoms with E-state index in [1.165, 1.54) is 11.3 Å². The molecule has 102 valence electrons. The first kappa shape index (κ1) is 14.4. The fourth-order valence-corrected chi connectivity index (χ4v) is 2.92. The number of ketones is 1. The average molecular weight is 344 g/mol. The van der Waals surface area contributed by atoms with Crippen LogP contribution in [-0.2, 0) is 11.3 Å². The van der Waals surface area contributed by atoms with Crippen LogP contribution in [0.15, 0.2) is 28.2 Å². The standard InChI is InChI=1S/C12H14BrN3O2S/c1-18-5-4-16-11(8(13)7-15-16)12(17)10(14)9-3-2-6-19-9/h2-3,6-7,10H,4-5,14H2,1H3. The summed E-state index contributed by atoms with van der Waals surface area (Å²) in [7, 11) is 1.61. The van der Waals surface area contributed by atoms with Crippen LogP contribution in [0.25, 0.3) is 0 Å². The molecule has 19 heavy (non-hydrogen) atoms. The maximum absolute atomic E-state index is 12.5. The summed E-state index contributed by atoms with van der Waals surface area (Å²) in [6.45, 7) is 1.00. The molecule has 0 aliphatic rings. The number of hydrogen-bond donors (Lipinski definition) is 1. The van der Waals surface area contributed by atoms with E-state index in [1.54, 1.807) is 18.0 Å². The molecule has 0 spiro atoms. The van der Waals surface area contributed by atoms with Gasteiger partial charge in [0.15, 0.2) is 0 Å². The number of nitrogens with zero attached hydrogens (tertiary/aromatic N) is 2. The number of carbonyl (C=O) groups excluding carboxylic acids is 1. The van der Waals surface area contributed by atoms with Crippen LogP contribution in [0.1, 0.15) is 21.4 Å². The van der Waals surface area contributed by atoms with Gasteiger partial charge in [0, 0.05) is 12.0 Å². The Kier molecular flexibility index (Phi) is 4.87. The molecule has 1 atom stereocenters. The number of halogens is 1. The minimum atomic E-state index is -0.658. The maximum Gasteiger partial charge on any atom is 0.203 e. The van der Waals surface area contributed by atoms with Crippen molar-refractivity contribution in [1.29, 1.82) is 0 Å². The molecule has 2 heterocycles. The van der Waals surface area contributed by atoms with E-state index in [0.29, 0.717) is 23.3 Å². The number of thiophene rings is 1. The minimum absolute atomic E-state index is 0.150. The Balaban J connectivity index is 2.25. The van der Waals surface area contributed by atoms with Crippen molar-refractivity contribution in [2.75, 3.05) is 13.7 Å². The zero-order chi connectivity index (χ0) is 13.8. The van der Waals surface area contributed by atoms with Crippen LogP contribution >= 0.6 is 27.3 Å². The van der Waals surface area contributed by atoms with Crippen molar-refractivity contribution in [3.05, 3.63) is 38.8 Å². The van der Waals surface area contributed by atoms with E-state index >= 15 is 0 Å². The summed E-state index contributed by atoms with van der Waals surface area (Å²) in [5, 5.41) is 6.06. The lowest BCUT2D eigenvalue weighted by atomic mass is 10.1. The third-order valence-electron chi connectivity index (χ3n) is 2.67. The van der Waals surface area contributed by atoms with Gasteiger partial charge >= 0.3 is 0 Å². The molecule has 0 amide bonds. The largest absolute Gasteiger partial charge is 0.383 e. The molecule has 0 radical (unpaired) electrons. The molecule has 7 heteroatoms. The lowest BCUT2D eigenvalue weighted by Gasteiger charge is -2.11. The van der Waals surface area contributed by atoms with Gasteiger partial charge in [-0.1, -0.05) is 6.07 Å². The number of carbonyl (C=O) groups is 1. The smallest absolute Gasteiger partial charge is 0.203 e. The minimum Gasteiger partial charge on any atom is -0.383 e. The second-order valence-corrected chi connectivity index (χ2v) is 5.75. The maximum atomic E-state index is 12.5. The number of ether oxygens (including phenoxy) is 1. The Morgan fingerprint density at radius 2 is 2.47 bits per heavy atom. The van der Waals surface area contributed by atoms with Crippen molar-refractivity contribution in [2.24, 2.45) is 5.73 Å². The monoisotopic (exact) mass is 343 g/mol. The zero-order valence-electron chi connectivity index (χ0n) is 10.4. The molecule has 0 bridgehead atoms. The highest BCUT2D eigenvalue weighted by Crippen LogP contribution is 2.25. The number of Topliss-reactive ketones (excluding diaryl/α,β-unsaturated/α-hetero) is 1. The molecule has 0 fully saturated rings. The molecular weight excluding hydrogens is 330 g/mol. The normalized spacial score (nSPS) is 12.6. The fraction of sp³-hybridized carbons (Fsp3) is 0.333. The van der Waals surface area contributed by atoms with Crippen molar-refractivity contribution in [3.8, 4) is 0 Å². The Morgan fingerprint density at radius 1 is 1.68 bits per heavy atom. The van der Waals surface area contributed by atoms with Gasteiger partial charge in [0.05, 0.1) is 23.8 Å². The van der Waals surface area contributed by atoms with Gasteiger partial charge in [-0.15, -0.1) is 11.3 Å². The van der Waals surface area contributed by atoms with Crippen LogP contribution in [0, 0.1) is 0 Å². The second kappa shape index (κ2) is 6.42. The van der Waals surface area contributed by atoms with E-state index in [9.17, 15) is 4.79 Å². The SMILES string of the molecule is COCCn1ncc(Br)c1C(=O)C(N)c1cccs1. The van der Waals surface area contributed by atoms with E-state index in [4.69, 9.17) is 10.5 Å². The molecule has 2 aromatic rings. The molecule has 0 saturated heterocycles. The van der Waals surface area contributed by atoms with Crippen molar-refractivity contribution in [3.63, 3.8) is 0 Å². The summed E-state index contributed by atoms with van der Waals surface area (Å²) < 4.78 is 7.27. The first-order valence-corrected chi connectivity index (χ1v) is 7.36. The number of rotatable bonds is 6.